The Hall–Kier alpha value is -2.37. The number of carbonyl (C=O) groups is 2. The summed E-state index contributed by atoms with van der Waals surface area (Å²) in [6.07, 6.45) is 0.634. The monoisotopic (exact) mass is 288 g/mol. The summed E-state index contributed by atoms with van der Waals surface area (Å²) < 4.78 is 5.18. The molecule has 2 atom stereocenters. The minimum atomic E-state index is -0.843. The molecule has 0 saturated carbocycles. The van der Waals surface area contributed by atoms with Crippen LogP contribution in [0.1, 0.15) is 19.0 Å². The quantitative estimate of drug-likeness (QED) is 0.929. The molecule has 110 valence electrons. The number of carboxylic acids is 1. The van der Waals surface area contributed by atoms with Gasteiger partial charge in [-0.15, -0.1) is 0 Å². The summed E-state index contributed by atoms with van der Waals surface area (Å²) in [6, 6.07) is 7.09. The molecule has 2 heterocycles. The molecule has 6 nitrogen and oxygen atoms in total. The Kier molecular flexibility index (Phi) is 3.37. The molecule has 3 rings (SSSR count). The lowest BCUT2D eigenvalue weighted by atomic mass is 10.0. The number of aromatic nitrogens is 1. The van der Waals surface area contributed by atoms with E-state index < -0.39 is 11.9 Å². The van der Waals surface area contributed by atoms with Crippen LogP contribution in [-0.4, -0.2) is 39.6 Å². The number of hydrogen-bond acceptors (Lipinski definition) is 4. The van der Waals surface area contributed by atoms with E-state index in [4.69, 9.17) is 9.63 Å². The van der Waals surface area contributed by atoms with E-state index in [-0.39, 0.29) is 18.4 Å². The van der Waals surface area contributed by atoms with Crippen LogP contribution >= 0.6 is 0 Å². The fourth-order valence-electron chi connectivity index (χ4n) is 2.93. The zero-order chi connectivity index (χ0) is 15.0. The van der Waals surface area contributed by atoms with Crippen molar-refractivity contribution in [3.05, 3.63) is 30.0 Å². The first-order valence-corrected chi connectivity index (χ1v) is 6.93. The van der Waals surface area contributed by atoms with Crippen molar-refractivity contribution in [2.75, 3.05) is 6.54 Å². The van der Waals surface area contributed by atoms with E-state index in [0.29, 0.717) is 24.2 Å². The summed E-state index contributed by atoms with van der Waals surface area (Å²) in [4.78, 5) is 25.1. The molecule has 1 aromatic heterocycles. The number of benzene rings is 1. The SMILES string of the molecule is CC1C(C(=O)O)CCN1C(=O)Cc1noc2ccccc12. The number of amides is 1. The first kappa shape index (κ1) is 13.6. The molecule has 1 aliphatic rings. The van der Waals surface area contributed by atoms with Gasteiger partial charge in [-0.2, -0.15) is 0 Å². The van der Waals surface area contributed by atoms with Gasteiger partial charge in [0.2, 0.25) is 5.91 Å². The Balaban J connectivity index is 1.76. The zero-order valence-electron chi connectivity index (χ0n) is 11.7. The van der Waals surface area contributed by atoms with Crippen LogP contribution in [0, 0.1) is 5.92 Å². The average molecular weight is 288 g/mol. The van der Waals surface area contributed by atoms with Crippen LogP contribution < -0.4 is 0 Å². The van der Waals surface area contributed by atoms with Gasteiger partial charge >= 0.3 is 5.97 Å². The summed E-state index contributed by atoms with van der Waals surface area (Å²) in [6.45, 7) is 2.26. The number of para-hydroxylation sites is 1. The topological polar surface area (TPSA) is 83.6 Å². The largest absolute Gasteiger partial charge is 0.481 e. The second kappa shape index (κ2) is 5.20. The Morgan fingerprint density at radius 2 is 2.19 bits per heavy atom. The smallest absolute Gasteiger partial charge is 0.308 e. The number of hydrogen-bond donors (Lipinski definition) is 1. The number of fused-ring (bicyclic) bond motifs is 1. The Bertz CT molecular complexity index is 694. The predicted octanol–water partition coefficient (Wildman–Crippen LogP) is 1.69. The Morgan fingerprint density at radius 1 is 1.43 bits per heavy atom. The van der Waals surface area contributed by atoms with Crippen molar-refractivity contribution >= 4 is 22.8 Å². The van der Waals surface area contributed by atoms with Gasteiger partial charge in [0, 0.05) is 18.0 Å². The highest BCUT2D eigenvalue weighted by Crippen LogP contribution is 2.26. The molecule has 1 fully saturated rings. The standard InChI is InChI=1S/C15H16N2O4/c1-9-10(15(19)20)6-7-17(9)14(18)8-12-11-4-2-3-5-13(11)21-16-12/h2-5,9-10H,6-8H2,1H3,(H,19,20). The van der Waals surface area contributed by atoms with Crippen molar-refractivity contribution < 1.29 is 19.2 Å². The second-order valence-corrected chi connectivity index (χ2v) is 5.36. The summed E-state index contributed by atoms with van der Waals surface area (Å²) in [5.41, 5.74) is 1.25. The molecule has 6 heteroatoms. The second-order valence-electron chi connectivity index (χ2n) is 5.36. The summed E-state index contributed by atoms with van der Waals surface area (Å²) in [7, 11) is 0. The Morgan fingerprint density at radius 3 is 2.90 bits per heavy atom. The number of aliphatic carboxylic acids is 1. The molecular formula is C15H16N2O4. The maximum absolute atomic E-state index is 12.4. The lowest BCUT2D eigenvalue weighted by Gasteiger charge is -2.22. The summed E-state index contributed by atoms with van der Waals surface area (Å²) in [5.74, 6) is -1.43. The molecule has 2 aromatic rings. The van der Waals surface area contributed by atoms with E-state index in [1.165, 1.54) is 0 Å². The molecule has 21 heavy (non-hydrogen) atoms. The van der Waals surface area contributed by atoms with Crippen LogP contribution in [0.4, 0.5) is 0 Å². The molecule has 0 radical (unpaired) electrons. The highest BCUT2D eigenvalue weighted by molar-refractivity contribution is 5.87. The van der Waals surface area contributed by atoms with Crippen LogP contribution in [0.5, 0.6) is 0 Å². The minimum absolute atomic E-state index is 0.106. The van der Waals surface area contributed by atoms with E-state index in [1.54, 1.807) is 17.9 Å². The van der Waals surface area contributed by atoms with Gasteiger partial charge in [-0.05, 0) is 25.5 Å². The van der Waals surface area contributed by atoms with Crippen molar-refractivity contribution in [1.29, 1.82) is 0 Å². The van der Waals surface area contributed by atoms with Crippen LogP contribution in [-0.2, 0) is 16.0 Å². The third kappa shape index (κ3) is 2.37. The van der Waals surface area contributed by atoms with E-state index in [0.717, 1.165) is 5.39 Å². The molecule has 0 bridgehead atoms. The van der Waals surface area contributed by atoms with Gasteiger partial charge in [-0.1, -0.05) is 17.3 Å². The lowest BCUT2D eigenvalue weighted by molar-refractivity contribution is -0.143. The molecule has 1 aliphatic heterocycles. The molecule has 1 N–H and O–H groups in total. The average Bonchev–Trinajstić information content (AvgIpc) is 3.03. The molecular weight excluding hydrogens is 272 g/mol. The minimum Gasteiger partial charge on any atom is -0.481 e. The lowest BCUT2D eigenvalue weighted by Crippen LogP contribution is -2.38. The molecule has 1 saturated heterocycles. The van der Waals surface area contributed by atoms with Crippen molar-refractivity contribution in [2.24, 2.45) is 5.92 Å². The first-order chi connectivity index (χ1) is 10.1. The third-order valence-electron chi connectivity index (χ3n) is 4.16. The number of rotatable bonds is 3. The van der Waals surface area contributed by atoms with Gasteiger partial charge in [-0.3, -0.25) is 9.59 Å². The third-order valence-corrected chi connectivity index (χ3v) is 4.16. The predicted molar refractivity (Wildman–Crippen MR) is 74.6 cm³/mol. The van der Waals surface area contributed by atoms with Crippen molar-refractivity contribution in [3.8, 4) is 0 Å². The highest BCUT2D eigenvalue weighted by Gasteiger charge is 2.38. The van der Waals surface area contributed by atoms with Gasteiger partial charge in [0.05, 0.1) is 12.3 Å². The van der Waals surface area contributed by atoms with Crippen molar-refractivity contribution in [1.82, 2.24) is 10.1 Å². The number of likely N-dealkylation sites (tertiary alicyclic amines) is 1. The van der Waals surface area contributed by atoms with E-state index >= 15 is 0 Å². The van der Waals surface area contributed by atoms with Crippen LogP contribution in [0.2, 0.25) is 0 Å². The van der Waals surface area contributed by atoms with E-state index in [1.807, 2.05) is 18.2 Å². The maximum Gasteiger partial charge on any atom is 0.308 e. The summed E-state index contributed by atoms with van der Waals surface area (Å²) >= 11 is 0. The van der Waals surface area contributed by atoms with Gasteiger partial charge in [-0.25, -0.2) is 0 Å². The normalized spacial score (nSPS) is 21.9. The summed E-state index contributed by atoms with van der Waals surface area (Å²) in [5, 5.41) is 13.9. The fourth-order valence-corrected chi connectivity index (χ4v) is 2.93. The van der Waals surface area contributed by atoms with Gasteiger partial charge in [0.15, 0.2) is 5.58 Å². The Labute approximate surface area is 121 Å². The van der Waals surface area contributed by atoms with E-state index in [2.05, 4.69) is 5.16 Å². The number of carbonyl (C=O) groups excluding carboxylic acids is 1. The fraction of sp³-hybridized carbons (Fsp3) is 0.400. The molecule has 2 unspecified atom stereocenters. The maximum atomic E-state index is 12.4. The van der Waals surface area contributed by atoms with Crippen molar-refractivity contribution in [2.45, 2.75) is 25.8 Å². The zero-order valence-corrected chi connectivity index (χ0v) is 11.7. The van der Waals surface area contributed by atoms with Gasteiger partial charge < -0.3 is 14.5 Å². The van der Waals surface area contributed by atoms with E-state index in [9.17, 15) is 9.59 Å². The molecule has 1 aromatic carbocycles. The van der Waals surface area contributed by atoms with Crippen LogP contribution in [0.3, 0.4) is 0 Å². The first-order valence-electron chi connectivity index (χ1n) is 6.93. The van der Waals surface area contributed by atoms with Crippen LogP contribution in [0.25, 0.3) is 11.0 Å². The molecule has 0 aliphatic carbocycles. The van der Waals surface area contributed by atoms with Gasteiger partial charge in [0.25, 0.3) is 0 Å². The highest BCUT2D eigenvalue weighted by atomic mass is 16.5. The van der Waals surface area contributed by atoms with Gasteiger partial charge in [0.1, 0.15) is 5.69 Å². The number of nitrogens with zero attached hydrogens (tertiary/aromatic N) is 2. The van der Waals surface area contributed by atoms with Crippen molar-refractivity contribution in [3.63, 3.8) is 0 Å². The molecule has 0 spiro atoms. The van der Waals surface area contributed by atoms with Crippen LogP contribution in [0.15, 0.2) is 28.8 Å². The number of carboxylic acid groups (broad SMARTS) is 1. The molecule has 1 amide bonds.